The number of anilines is 1. The van der Waals surface area contributed by atoms with E-state index in [9.17, 15) is 13.2 Å². The van der Waals surface area contributed by atoms with Gasteiger partial charge in [-0.2, -0.15) is 0 Å². The second-order valence-electron chi connectivity index (χ2n) is 11.2. The van der Waals surface area contributed by atoms with Crippen LogP contribution in [0.3, 0.4) is 0 Å². The predicted octanol–water partition coefficient (Wildman–Crippen LogP) is 5.82. The molecular formula is C30H38N2O4S. The van der Waals surface area contributed by atoms with Gasteiger partial charge in [-0.05, 0) is 64.3 Å². The Balaban J connectivity index is 1.58. The van der Waals surface area contributed by atoms with Gasteiger partial charge < -0.3 is 10.1 Å². The molecule has 6 nitrogen and oxygen atoms in total. The molecular weight excluding hydrogens is 484 g/mol. The molecule has 1 amide bonds. The first-order valence-corrected chi connectivity index (χ1v) is 14.0. The molecule has 0 heterocycles. The maximum absolute atomic E-state index is 12.6. The molecule has 3 aromatic carbocycles. The van der Waals surface area contributed by atoms with Crippen molar-refractivity contribution in [1.29, 1.82) is 0 Å². The molecule has 0 radical (unpaired) electrons. The van der Waals surface area contributed by atoms with Gasteiger partial charge in [-0.15, -0.1) is 0 Å². The van der Waals surface area contributed by atoms with Crippen molar-refractivity contribution < 1.29 is 17.9 Å². The summed E-state index contributed by atoms with van der Waals surface area (Å²) in [5.74, 6) is 0.356. The van der Waals surface area contributed by atoms with Crippen LogP contribution in [0.1, 0.15) is 58.2 Å². The van der Waals surface area contributed by atoms with Crippen LogP contribution in [0, 0.1) is 0 Å². The molecule has 0 saturated heterocycles. The molecule has 0 saturated carbocycles. The lowest BCUT2D eigenvalue weighted by molar-refractivity contribution is -0.118. The second kappa shape index (κ2) is 11.5. The molecule has 0 spiro atoms. The number of benzene rings is 3. The average molecular weight is 523 g/mol. The van der Waals surface area contributed by atoms with Crippen LogP contribution in [0.15, 0.2) is 77.7 Å². The maximum atomic E-state index is 12.6. The fraction of sp³-hybridized carbons (Fsp3) is 0.367. The van der Waals surface area contributed by atoms with Crippen LogP contribution in [0.4, 0.5) is 5.69 Å². The van der Waals surface area contributed by atoms with Gasteiger partial charge in [0.25, 0.3) is 5.91 Å². The molecule has 0 aromatic heterocycles. The molecule has 198 valence electrons. The van der Waals surface area contributed by atoms with Gasteiger partial charge in [0.1, 0.15) is 5.75 Å². The van der Waals surface area contributed by atoms with Crippen LogP contribution in [-0.2, 0) is 32.1 Å². The maximum Gasteiger partial charge on any atom is 0.262 e. The molecule has 7 heteroatoms. The number of nitrogens with one attached hydrogen (secondary N) is 2. The number of hydrogen-bond acceptors (Lipinski definition) is 4. The van der Waals surface area contributed by atoms with Gasteiger partial charge in [-0.1, -0.05) is 84.0 Å². The third-order valence-electron chi connectivity index (χ3n) is 6.01. The first-order valence-electron chi connectivity index (χ1n) is 12.5. The van der Waals surface area contributed by atoms with Crippen molar-refractivity contribution in [3.8, 4) is 5.75 Å². The molecule has 0 atom stereocenters. The van der Waals surface area contributed by atoms with E-state index in [-0.39, 0.29) is 28.2 Å². The highest BCUT2D eigenvalue weighted by molar-refractivity contribution is 7.89. The lowest BCUT2D eigenvalue weighted by Crippen LogP contribution is -2.26. The van der Waals surface area contributed by atoms with Crippen molar-refractivity contribution in [1.82, 2.24) is 4.72 Å². The molecule has 3 rings (SSSR count). The van der Waals surface area contributed by atoms with E-state index in [2.05, 4.69) is 57.6 Å². The zero-order valence-corrected chi connectivity index (χ0v) is 23.4. The standard InChI is InChI=1S/C30H38N2O4S/c1-29(2,3)23-12-17-27(26(20-23)30(4,5)6)36-21-28(33)32-24-13-15-25(16-14-24)37(34,35)31-19-18-22-10-8-7-9-11-22/h7-17,20,31H,18-19,21H2,1-6H3,(H,32,33). The van der Waals surface area contributed by atoms with Gasteiger partial charge in [0.2, 0.25) is 10.0 Å². The van der Waals surface area contributed by atoms with Crippen molar-refractivity contribution in [2.24, 2.45) is 0 Å². The van der Waals surface area contributed by atoms with Gasteiger partial charge >= 0.3 is 0 Å². The monoisotopic (exact) mass is 522 g/mol. The number of sulfonamides is 1. The van der Waals surface area contributed by atoms with Crippen LogP contribution in [0.5, 0.6) is 5.75 Å². The SMILES string of the molecule is CC(C)(C)c1ccc(OCC(=O)Nc2ccc(S(=O)(=O)NCCc3ccccc3)cc2)c(C(C)(C)C)c1. The average Bonchev–Trinajstić information content (AvgIpc) is 2.82. The molecule has 3 aromatic rings. The van der Waals surface area contributed by atoms with Crippen LogP contribution in [0.25, 0.3) is 0 Å². The van der Waals surface area contributed by atoms with Crippen LogP contribution in [-0.4, -0.2) is 27.5 Å². The largest absolute Gasteiger partial charge is 0.483 e. The summed E-state index contributed by atoms with van der Waals surface area (Å²) in [6, 6.07) is 21.9. The summed E-state index contributed by atoms with van der Waals surface area (Å²) in [7, 11) is -3.64. The van der Waals surface area contributed by atoms with E-state index >= 15 is 0 Å². The van der Waals surface area contributed by atoms with E-state index in [0.717, 1.165) is 11.1 Å². The van der Waals surface area contributed by atoms with E-state index in [0.29, 0.717) is 24.4 Å². The van der Waals surface area contributed by atoms with Crippen molar-refractivity contribution in [3.63, 3.8) is 0 Å². The molecule has 0 aliphatic carbocycles. The summed E-state index contributed by atoms with van der Waals surface area (Å²) in [6.45, 7) is 13.0. The van der Waals surface area contributed by atoms with Crippen LogP contribution >= 0.6 is 0 Å². The summed E-state index contributed by atoms with van der Waals surface area (Å²) in [5.41, 5.74) is 3.67. The van der Waals surface area contributed by atoms with Gasteiger partial charge in [0.05, 0.1) is 4.90 Å². The highest BCUT2D eigenvalue weighted by Gasteiger charge is 2.23. The van der Waals surface area contributed by atoms with Crippen molar-refractivity contribution in [2.75, 3.05) is 18.5 Å². The number of amides is 1. The van der Waals surface area contributed by atoms with Gasteiger partial charge in [0.15, 0.2) is 6.61 Å². The quantitative estimate of drug-likeness (QED) is 0.371. The predicted molar refractivity (Wildman–Crippen MR) is 150 cm³/mol. The summed E-state index contributed by atoms with van der Waals surface area (Å²) < 4.78 is 33.7. The third kappa shape index (κ3) is 8.17. The van der Waals surface area contributed by atoms with Crippen LogP contribution < -0.4 is 14.8 Å². The fourth-order valence-electron chi connectivity index (χ4n) is 3.82. The minimum atomic E-state index is -3.64. The summed E-state index contributed by atoms with van der Waals surface area (Å²) in [4.78, 5) is 12.7. The summed E-state index contributed by atoms with van der Waals surface area (Å²) >= 11 is 0. The summed E-state index contributed by atoms with van der Waals surface area (Å²) in [5, 5.41) is 2.77. The minimum absolute atomic E-state index is 0.00691. The van der Waals surface area contributed by atoms with E-state index in [1.807, 2.05) is 42.5 Å². The van der Waals surface area contributed by atoms with Crippen molar-refractivity contribution >= 4 is 21.6 Å². The van der Waals surface area contributed by atoms with Crippen molar-refractivity contribution in [3.05, 3.63) is 89.5 Å². The third-order valence-corrected chi connectivity index (χ3v) is 7.49. The number of rotatable bonds is 9. The molecule has 0 fully saturated rings. The first-order chi connectivity index (χ1) is 17.3. The Morgan fingerprint density at radius 2 is 1.49 bits per heavy atom. The molecule has 0 unspecified atom stereocenters. The van der Waals surface area contributed by atoms with Gasteiger partial charge in [-0.3, -0.25) is 4.79 Å². The highest BCUT2D eigenvalue weighted by atomic mass is 32.2. The van der Waals surface area contributed by atoms with E-state index < -0.39 is 10.0 Å². The lowest BCUT2D eigenvalue weighted by atomic mass is 9.80. The second-order valence-corrected chi connectivity index (χ2v) is 13.0. The lowest BCUT2D eigenvalue weighted by Gasteiger charge is -2.27. The first kappa shape index (κ1) is 28.4. The molecule has 0 bridgehead atoms. The number of ether oxygens (including phenoxy) is 1. The van der Waals surface area contributed by atoms with Gasteiger partial charge in [0, 0.05) is 12.2 Å². The van der Waals surface area contributed by atoms with E-state index in [1.54, 1.807) is 12.1 Å². The Morgan fingerprint density at radius 1 is 0.838 bits per heavy atom. The highest BCUT2D eigenvalue weighted by Crippen LogP contribution is 2.35. The number of hydrogen-bond donors (Lipinski definition) is 2. The van der Waals surface area contributed by atoms with E-state index in [4.69, 9.17) is 4.74 Å². The Kier molecular flexibility index (Phi) is 8.82. The Hall–Kier alpha value is -3.16. The Labute approximate surface area is 221 Å². The normalized spacial score (nSPS) is 12.3. The van der Waals surface area contributed by atoms with Crippen molar-refractivity contribution in [2.45, 2.75) is 63.7 Å². The smallest absolute Gasteiger partial charge is 0.262 e. The number of carbonyl (C=O) groups excluding carboxylic acids is 1. The number of carbonyl (C=O) groups is 1. The molecule has 0 aliphatic heterocycles. The molecule has 37 heavy (non-hydrogen) atoms. The van der Waals surface area contributed by atoms with Gasteiger partial charge in [-0.25, -0.2) is 13.1 Å². The topological polar surface area (TPSA) is 84.5 Å². The minimum Gasteiger partial charge on any atom is -0.483 e. The van der Waals surface area contributed by atoms with E-state index in [1.165, 1.54) is 17.7 Å². The Morgan fingerprint density at radius 3 is 2.08 bits per heavy atom. The van der Waals surface area contributed by atoms with Crippen LogP contribution in [0.2, 0.25) is 0 Å². The summed E-state index contributed by atoms with van der Waals surface area (Å²) in [6.07, 6.45) is 0.601. The fourth-order valence-corrected chi connectivity index (χ4v) is 4.86. The zero-order valence-electron chi connectivity index (χ0n) is 22.6. The molecule has 0 aliphatic rings. The molecule has 2 N–H and O–H groups in total. The zero-order chi connectivity index (χ0) is 27.3. The Bertz CT molecular complexity index is 1300.